The molecular weight excluding hydrogens is 407 g/mol. The molecule has 7 heteroatoms. The molecule has 0 unspecified atom stereocenters. The predicted octanol–water partition coefficient (Wildman–Crippen LogP) is 3.01. The lowest BCUT2D eigenvalue weighted by molar-refractivity contribution is -0.117. The molecule has 2 rings (SSSR count). The summed E-state index contributed by atoms with van der Waals surface area (Å²) in [6.45, 7) is 0. The highest BCUT2D eigenvalue weighted by Gasteiger charge is 2.05. The Morgan fingerprint density at radius 1 is 1.10 bits per heavy atom. The van der Waals surface area contributed by atoms with Crippen LogP contribution < -0.4 is 10.9 Å². The average Bonchev–Trinajstić information content (AvgIpc) is 2.89. The summed E-state index contributed by atoms with van der Waals surface area (Å²) < 4.78 is 5.99. The van der Waals surface area contributed by atoms with E-state index >= 15 is 0 Å². The molecule has 21 heavy (non-hydrogen) atoms. The van der Waals surface area contributed by atoms with Crippen LogP contribution in [-0.4, -0.2) is 11.8 Å². The van der Waals surface area contributed by atoms with Crippen molar-refractivity contribution in [3.05, 3.63) is 62.6 Å². The predicted molar refractivity (Wildman–Crippen MR) is 87.5 cm³/mol. The molecule has 1 aromatic heterocycles. The second-order valence-corrected chi connectivity index (χ2v) is 5.43. The summed E-state index contributed by atoms with van der Waals surface area (Å²) in [5.74, 6) is -0.344. The summed E-state index contributed by atoms with van der Waals surface area (Å²) in [7, 11) is 0. The lowest BCUT2D eigenvalue weighted by atomic mass is 10.2. The molecule has 2 amide bonds. The molecule has 1 aromatic carbocycles. The van der Waals surface area contributed by atoms with E-state index in [-0.39, 0.29) is 0 Å². The number of amides is 2. The number of carbonyl (C=O) groups is 2. The molecule has 0 bridgehead atoms. The number of halogens is 2. The van der Waals surface area contributed by atoms with Crippen LogP contribution in [-0.2, 0) is 4.79 Å². The summed E-state index contributed by atoms with van der Waals surface area (Å²) in [5.41, 5.74) is 4.96. The van der Waals surface area contributed by atoms with E-state index in [1.54, 1.807) is 36.4 Å². The topological polar surface area (TPSA) is 71.3 Å². The van der Waals surface area contributed by atoms with E-state index in [0.717, 1.165) is 3.77 Å². The lowest BCUT2D eigenvalue weighted by Gasteiger charge is -2.05. The molecule has 0 aliphatic rings. The van der Waals surface area contributed by atoms with Gasteiger partial charge in [0.25, 0.3) is 11.8 Å². The fourth-order valence-electron chi connectivity index (χ4n) is 1.41. The van der Waals surface area contributed by atoms with Gasteiger partial charge in [-0.25, -0.2) is 0 Å². The van der Waals surface area contributed by atoms with Crippen LogP contribution in [0.25, 0.3) is 6.08 Å². The minimum Gasteiger partial charge on any atom is -0.451 e. The highest BCUT2D eigenvalue weighted by molar-refractivity contribution is 14.1. The Morgan fingerprint density at radius 3 is 2.43 bits per heavy atom. The number of benzene rings is 1. The second-order valence-electron chi connectivity index (χ2n) is 3.93. The minimum atomic E-state index is -0.469. The Hall–Kier alpha value is -1.80. The standard InChI is InChI=1S/C14H10ClIN2O3/c15-10-3-1-9(2-4-10)14(20)18-17-13(19)8-6-11-5-7-12(16)21-11/h1-8H,(H,17,19)(H,18,20)/b8-6+. The number of rotatable bonds is 3. The first-order valence-corrected chi connectivity index (χ1v) is 7.29. The second kappa shape index (κ2) is 7.28. The van der Waals surface area contributed by atoms with Gasteiger partial charge in [-0.05, 0) is 65.1 Å². The van der Waals surface area contributed by atoms with E-state index in [1.807, 2.05) is 22.6 Å². The van der Waals surface area contributed by atoms with Crippen molar-refractivity contribution in [1.82, 2.24) is 10.9 Å². The van der Waals surface area contributed by atoms with Gasteiger partial charge in [0.1, 0.15) is 5.76 Å². The molecule has 0 fully saturated rings. The summed E-state index contributed by atoms with van der Waals surface area (Å²) >= 11 is 7.75. The molecule has 108 valence electrons. The van der Waals surface area contributed by atoms with Crippen molar-refractivity contribution >= 4 is 52.1 Å². The third-order valence-corrected chi connectivity index (χ3v) is 3.23. The van der Waals surface area contributed by atoms with Gasteiger partial charge in [-0.15, -0.1) is 0 Å². The van der Waals surface area contributed by atoms with E-state index in [4.69, 9.17) is 16.0 Å². The zero-order valence-corrected chi connectivity index (χ0v) is 13.5. The highest BCUT2D eigenvalue weighted by atomic mass is 127. The van der Waals surface area contributed by atoms with E-state index in [9.17, 15) is 9.59 Å². The zero-order chi connectivity index (χ0) is 15.2. The smallest absolute Gasteiger partial charge is 0.269 e. The van der Waals surface area contributed by atoms with Gasteiger partial charge < -0.3 is 4.42 Å². The average molecular weight is 417 g/mol. The molecular formula is C14H10ClIN2O3. The lowest BCUT2D eigenvalue weighted by Crippen LogP contribution is -2.40. The number of furan rings is 1. The van der Waals surface area contributed by atoms with Gasteiger partial charge in [0, 0.05) is 16.7 Å². The first kappa shape index (κ1) is 15.6. The number of hydrogen-bond acceptors (Lipinski definition) is 3. The summed E-state index contributed by atoms with van der Waals surface area (Å²) in [6.07, 6.45) is 2.77. The van der Waals surface area contributed by atoms with Crippen LogP contribution in [0.5, 0.6) is 0 Å². The molecule has 0 saturated heterocycles. The van der Waals surface area contributed by atoms with Crippen LogP contribution in [0.4, 0.5) is 0 Å². The first-order valence-electron chi connectivity index (χ1n) is 5.84. The normalized spacial score (nSPS) is 10.6. The number of carbonyl (C=O) groups excluding carboxylic acids is 2. The molecule has 5 nitrogen and oxygen atoms in total. The van der Waals surface area contributed by atoms with Gasteiger partial charge in [0.05, 0.1) is 0 Å². The van der Waals surface area contributed by atoms with E-state index in [2.05, 4.69) is 10.9 Å². The van der Waals surface area contributed by atoms with Crippen molar-refractivity contribution in [3.63, 3.8) is 0 Å². The number of nitrogens with one attached hydrogen (secondary N) is 2. The molecule has 0 aliphatic carbocycles. The van der Waals surface area contributed by atoms with Crippen molar-refractivity contribution in [1.29, 1.82) is 0 Å². The Labute approximate surface area is 139 Å². The third kappa shape index (κ3) is 4.91. The SMILES string of the molecule is O=C(/C=C/c1ccc(I)o1)NNC(=O)c1ccc(Cl)cc1. The van der Waals surface area contributed by atoms with Gasteiger partial charge >= 0.3 is 0 Å². The highest BCUT2D eigenvalue weighted by Crippen LogP contribution is 2.11. The maximum atomic E-state index is 11.7. The molecule has 0 radical (unpaired) electrons. The van der Waals surface area contributed by atoms with Crippen molar-refractivity contribution in [2.45, 2.75) is 0 Å². The van der Waals surface area contributed by atoms with Crippen LogP contribution in [0, 0.1) is 3.77 Å². The van der Waals surface area contributed by atoms with Crippen LogP contribution in [0.2, 0.25) is 5.02 Å². The molecule has 0 spiro atoms. The van der Waals surface area contributed by atoms with Gasteiger partial charge in [-0.3, -0.25) is 20.4 Å². The Balaban J connectivity index is 1.85. The molecule has 0 aliphatic heterocycles. The van der Waals surface area contributed by atoms with Gasteiger partial charge in [-0.2, -0.15) is 0 Å². The Bertz CT molecular complexity index is 680. The van der Waals surface area contributed by atoms with Crippen LogP contribution in [0.1, 0.15) is 16.1 Å². The fourth-order valence-corrected chi connectivity index (χ4v) is 1.97. The first-order chi connectivity index (χ1) is 10.0. The van der Waals surface area contributed by atoms with Gasteiger partial charge in [0.15, 0.2) is 3.77 Å². The quantitative estimate of drug-likeness (QED) is 0.459. The maximum Gasteiger partial charge on any atom is 0.269 e. The molecule has 0 saturated carbocycles. The Morgan fingerprint density at radius 2 is 1.81 bits per heavy atom. The summed E-state index contributed by atoms with van der Waals surface area (Å²) in [4.78, 5) is 23.3. The number of hydrazine groups is 1. The monoisotopic (exact) mass is 416 g/mol. The van der Waals surface area contributed by atoms with Crippen molar-refractivity contribution in [3.8, 4) is 0 Å². The zero-order valence-electron chi connectivity index (χ0n) is 10.6. The van der Waals surface area contributed by atoms with Crippen molar-refractivity contribution in [2.75, 3.05) is 0 Å². The van der Waals surface area contributed by atoms with Gasteiger partial charge in [-0.1, -0.05) is 11.6 Å². The minimum absolute atomic E-state index is 0.393. The van der Waals surface area contributed by atoms with E-state index in [0.29, 0.717) is 16.3 Å². The van der Waals surface area contributed by atoms with Crippen molar-refractivity contribution < 1.29 is 14.0 Å². The largest absolute Gasteiger partial charge is 0.451 e. The molecule has 2 aromatic rings. The summed E-state index contributed by atoms with van der Waals surface area (Å²) in [5, 5.41) is 0.534. The molecule has 0 atom stereocenters. The van der Waals surface area contributed by atoms with E-state index in [1.165, 1.54) is 12.2 Å². The molecule has 2 N–H and O–H groups in total. The van der Waals surface area contributed by atoms with Crippen LogP contribution in [0.15, 0.2) is 46.9 Å². The third-order valence-electron chi connectivity index (χ3n) is 2.40. The fraction of sp³-hybridized carbons (Fsp3) is 0. The van der Waals surface area contributed by atoms with Crippen LogP contribution in [0.3, 0.4) is 0 Å². The summed E-state index contributed by atoms with van der Waals surface area (Å²) in [6, 6.07) is 9.82. The van der Waals surface area contributed by atoms with Gasteiger partial charge in [0.2, 0.25) is 0 Å². The van der Waals surface area contributed by atoms with Crippen molar-refractivity contribution in [2.24, 2.45) is 0 Å². The maximum absolute atomic E-state index is 11.7. The number of hydrogen-bond donors (Lipinski definition) is 2. The van der Waals surface area contributed by atoms with Crippen LogP contribution >= 0.6 is 34.2 Å². The van der Waals surface area contributed by atoms with E-state index < -0.39 is 11.8 Å². The molecule has 1 heterocycles. The Kier molecular flexibility index (Phi) is 5.40.